The van der Waals surface area contributed by atoms with Crippen LogP contribution in [0.15, 0.2) is 39.1 Å². The van der Waals surface area contributed by atoms with Gasteiger partial charge in [0.15, 0.2) is 5.16 Å². The standard InChI is InChI=1S/C20H24N2O4S2/c1-5-16(19(24)26-6-2)28-20-21-15-11-12(3)27-17(15)18(23)22(20)13-7-9-14(25-4)10-8-13/h7-10,12,16H,5-6,11H2,1-4H3/t12-,16+/m1/s1. The van der Waals surface area contributed by atoms with Gasteiger partial charge in [-0.1, -0.05) is 25.6 Å². The summed E-state index contributed by atoms with van der Waals surface area (Å²) in [6.45, 7) is 6.13. The van der Waals surface area contributed by atoms with Crippen LogP contribution in [0.25, 0.3) is 5.69 Å². The maximum atomic E-state index is 13.3. The Morgan fingerprint density at radius 1 is 1.36 bits per heavy atom. The Hall–Kier alpha value is -1.93. The molecule has 0 unspecified atom stereocenters. The SMILES string of the molecule is CCOC(=O)[C@H](CC)Sc1nc2c(c(=O)n1-c1ccc(OC)cc1)S[C@H](C)C2. The highest BCUT2D eigenvalue weighted by Gasteiger charge is 2.29. The van der Waals surface area contributed by atoms with E-state index in [1.54, 1.807) is 30.4 Å². The van der Waals surface area contributed by atoms with Crippen LogP contribution < -0.4 is 10.3 Å². The lowest BCUT2D eigenvalue weighted by Crippen LogP contribution is -2.26. The van der Waals surface area contributed by atoms with E-state index < -0.39 is 5.25 Å². The minimum Gasteiger partial charge on any atom is -0.497 e. The number of esters is 1. The molecule has 150 valence electrons. The van der Waals surface area contributed by atoms with Gasteiger partial charge in [0.2, 0.25) is 0 Å². The van der Waals surface area contributed by atoms with E-state index in [9.17, 15) is 9.59 Å². The number of rotatable bonds is 7. The first-order chi connectivity index (χ1) is 13.5. The van der Waals surface area contributed by atoms with Crippen LogP contribution in [0.3, 0.4) is 0 Å². The van der Waals surface area contributed by atoms with E-state index in [0.717, 1.165) is 12.1 Å². The van der Waals surface area contributed by atoms with E-state index in [1.165, 1.54) is 11.8 Å². The molecule has 2 aromatic rings. The van der Waals surface area contributed by atoms with E-state index in [0.29, 0.717) is 39.8 Å². The third kappa shape index (κ3) is 4.22. The monoisotopic (exact) mass is 420 g/mol. The van der Waals surface area contributed by atoms with Crippen LogP contribution in [-0.4, -0.2) is 39.7 Å². The number of nitrogens with zero attached hydrogens (tertiary/aromatic N) is 2. The van der Waals surface area contributed by atoms with Crippen LogP contribution in [0.1, 0.15) is 32.9 Å². The molecule has 1 aliphatic rings. The smallest absolute Gasteiger partial charge is 0.319 e. The summed E-state index contributed by atoms with van der Waals surface area (Å²) >= 11 is 2.85. The molecule has 2 atom stereocenters. The second kappa shape index (κ2) is 9.05. The molecule has 8 heteroatoms. The number of hydrogen-bond acceptors (Lipinski definition) is 7. The van der Waals surface area contributed by atoms with Gasteiger partial charge in [0.25, 0.3) is 5.56 Å². The zero-order valence-electron chi connectivity index (χ0n) is 16.4. The Morgan fingerprint density at radius 3 is 2.68 bits per heavy atom. The van der Waals surface area contributed by atoms with Gasteiger partial charge in [0, 0.05) is 11.7 Å². The molecule has 0 saturated heterocycles. The summed E-state index contributed by atoms with van der Waals surface area (Å²) in [6, 6.07) is 7.27. The Balaban J connectivity index is 2.09. The van der Waals surface area contributed by atoms with Gasteiger partial charge >= 0.3 is 5.97 Å². The van der Waals surface area contributed by atoms with Gasteiger partial charge in [0.05, 0.1) is 30.0 Å². The number of benzene rings is 1. The number of thioether (sulfide) groups is 2. The van der Waals surface area contributed by atoms with E-state index >= 15 is 0 Å². The lowest BCUT2D eigenvalue weighted by Gasteiger charge is -2.17. The summed E-state index contributed by atoms with van der Waals surface area (Å²) in [7, 11) is 1.60. The molecule has 2 heterocycles. The molecule has 0 radical (unpaired) electrons. The normalized spacial score (nSPS) is 16.5. The third-order valence-corrected chi connectivity index (χ3v) is 6.89. The number of carbonyl (C=O) groups is 1. The molecule has 0 fully saturated rings. The van der Waals surface area contributed by atoms with E-state index in [-0.39, 0.29) is 11.5 Å². The highest BCUT2D eigenvalue weighted by atomic mass is 32.2. The number of aromatic nitrogens is 2. The van der Waals surface area contributed by atoms with Crippen molar-refractivity contribution in [2.45, 2.75) is 54.2 Å². The van der Waals surface area contributed by atoms with Crippen molar-refractivity contribution in [1.29, 1.82) is 0 Å². The third-order valence-electron chi connectivity index (χ3n) is 4.38. The van der Waals surface area contributed by atoms with Crippen molar-refractivity contribution in [1.82, 2.24) is 9.55 Å². The molecular weight excluding hydrogens is 396 g/mol. The molecule has 1 aromatic carbocycles. The summed E-state index contributed by atoms with van der Waals surface area (Å²) in [5.41, 5.74) is 1.42. The molecule has 6 nitrogen and oxygen atoms in total. The Bertz CT molecular complexity index is 912. The van der Waals surface area contributed by atoms with Crippen LogP contribution in [0.5, 0.6) is 5.75 Å². The summed E-state index contributed by atoms with van der Waals surface area (Å²) in [5.74, 6) is 0.426. The molecule has 0 bridgehead atoms. The van der Waals surface area contributed by atoms with Gasteiger partial charge in [-0.3, -0.25) is 14.2 Å². The number of methoxy groups -OCH3 is 1. The fourth-order valence-electron chi connectivity index (χ4n) is 3.00. The van der Waals surface area contributed by atoms with Crippen LogP contribution in [0, 0.1) is 0 Å². The molecule has 1 aromatic heterocycles. The van der Waals surface area contributed by atoms with Crippen LogP contribution in [-0.2, 0) is 16.0 Å². The largest absolute Gasteiger partial charge is 0.497 e. The van der Waals surface area contributed by atoms with Crippen molar-refractivity contribution in [3.63, 3.8) is 0 Å². The molecule has 0 amide bonds. The predicted octanol–water partition coefficient (Wildman–Crippen LogP) is 3.71. The molecular formula is C20H24N2O4S2. The van der Waals surface area contributed by atoms with Crippen molar-refractivity contribution in [2.24, 2.45) is 0 Å². The quantitative estimate of drug-likeness (QED) is 0.384. The number of hydrogen-bond donors (Lipinski definition) is 0. The predicted molar refractivity (Wildman–Crippen MR) is 112 cm³/mol. The Labute approximate surface area is 173 Å². The minimum absolute atomic E-state index is 0.0919. The molecule has 0 N–H and O–H groups in total. The summed E-state index contributed by atoms with van der Waals surface area (Å²) < 4.78 is 12.0. The molecule has 3 rings (SSSR count). The Kier molecular flexibility index (Phi) is 6.72. The average molecular weight is 421 g/mol. The van der Waals surface area contributed by atoms with Crippen molar-refractivity contribution in [3.05, 3.63) is 40.3 Å². The topological polar surface area (TPSA) is 70.4 Å². The van der Waals surface area contributed by atoms with Crippen molar-refractivity contribution in [3.8, 4) is 11.4 Å². The number of carbonyl (C=O) groups excluding carboxylic acids is 1. The first-order valence-corrected chi connectivity index (χ1v) is 11.0. The maximum Gasteiger partial charge on any atom is 0.319 e. The molecule has 28 heavy (non-hydrogen) atoms. The summed E-state index contributed by atoms with van der Waals surface area (Å²) in [6.07, 6.45) is 1.34. The summed E-state index contributed by atoms with van der Waals surface area (Å²) in [4.78, 5) is 31.1. The lowest BCUT2D eigenvalue weighted by molar-refractivity contribution is -0.142. The molecule has 0 spiro atoms. The van der Waals surface area contributed by atoms with Gasteiger partial charge in [-0.15, -0.1) is 11.8 Å². The molecule has 0 saturated carbocycles. The van der Waals surface area contributed by atoms with Crippen LogP contribution in [0.4, 0.5) is 0 Å². The average Bonchev–Trinajstić information content (AvgIpc) is 3.07. The highest BCUT2D eigenvalue weighted by Crippen LogP contribution is 2.36. The first-order valence-electron chi connectivity index (χ1n) is 9.28. The van der Waals surface area contributed by atoms with Gasteiger partial charge < -0.3 is 9.47 Å². The van der Waals surface area contributed by atoms with Gasteiger partial charge in [0.1, 0.15) is 11.0 Å². The van der Waals surface area contributed by atoms with Gasteiger partial charge in [-0.2, -0.15) is 0 Å². The second-order valence-electron chi connectivity index (χ2n) is 6.41. The van der Waals surface area contributed by atoms with E-state index in [2.05, 4.69) is 6.92 Å². The molecule has 1 aliphatic heterocycles. The van der Waals surface area contributed by atoms with E-state index in [4.69, 9.17) is 14.5 Å². The molecule has 0 aliphatic carbocycles. The summed E-state index contributed by atoms with van der Waals surface area (Å²) in [5, 5.41) is 0.413. The first kappa shape index (κ1) is 20.8. The van der Waals surface area contributed by atoms with Gasteiger partial charge in [-0.05, 0) is 37.6 Å². The zero-order valence-corrected chi connectivity index (χ0v) is 18.1. The number of fused-ring (bicyclic) bond motifs is 1. The van der Waals surface area contributed by atoms with Crippen molar-refractivity contribution < 1.29 is 14.3 Å². The van der Waals surface area contributed by atoms with E-state index in [1.807, 2.05) is 31.2 Å². The second-order valence-corrected chi connectivity index (χ2v) is 9.03. The fraction of sp³-hybridized carbons (Fsp3) is 0.450. The van der Waals surface area contributed by atoms with Crippen LogP contribution >= 0.6 is 23.5 Å². The van der Waals surface area contributed by atoms with Crippen molar-refractivity contribution in [2.75, 3.05) is 13.7 Å². The Morgan fingerprint density at radius 2 is 2.07 bits per heavy atom. The maximum absolute atomic E-state index is 13.3. The van der Waals surface area contributed by atoms with Gasteiger partial charge in [-0.25, -0.2) is 4.98 Å². The van der Waals surface area contributed by atoms with Crippen LogP contribution in [0.2, 0.25) is 0 Å². The fourth-order valence-corrected chi connectivity index (χ4v) is 5.14. The lowest BCUT2D eigenvalue weighted by atomic mass is 10.2. The number of ether oxygens (including phenoxy) is 2. The minimum atomic E-state index is -0.416. The highest BCUT2D eigenvalue weighted by molar-refractivity contribution is 8.00. The van der Waals surface area contributed by atoms with Crippen molar-refractivity contribution >= 4 is 29.5 Å². The zero-order chi connectivity index (χ0) is 20.3.